The molecule has 1 N–H and O–H groups in total. The fourth-order valence-electron chi connectivity index (χ4n) is 4.29. The van der Waals surface area contributed by atoms with Crippen molar-refractivity contribution in [2.45, 2.75) is 37.7 Å². The van der Waals surface area contributed by atoms with Gasteiger partial charge in [0, 0.05) is 23.1 Å². The summed E-state index contributed by atoms with van der Waals surface area (Å²) in [5.74, 6) is 0.555. The number of quaternary nitrogens is 1. The quantitative estimate of drug-likeness (QED) is 0.213. The van der Waals surface area contributed by atoms with Gasteiger partial charge in [-0.2, -0.15) is 9.98 Å². The topological polar surface area (TPSA) is 80.5 Å². The van der Waals surface area contributed by atoms with Crippen LogP contribution in [0.25, 0.3) is 0 Å². The summed E-state index contributed by atoms with van der Waals surface area (Å²) in [6.07, 6.45) is 9.83. The van der Waals surface area contributed by atoms with Crippen molar-refractivity contribution in [3.05, 3.63) is 51.5 Å². The Balaban J connectivity index is 0.000000236. The van der Waals surface area contributed by atoms with Gasteiger partial charge in [0.1, 0.15) is 23.5 Å². The molecule has 1 heterocycles. The Bertz CT molecular complexity index is 1110. The largest absolute Gasteiger partial charge is 0.495 e. The molecule has 1 saturated carbocycles. The lowest BCUT2D eigenvalue weighted by Crippen LogP contribution is -2.56. The number of aliphatic imine (C=N–C) groups is 2. The average molecular weight is 576 g/mol. The molecule has 1 aliphatic heterocycles. The minimum atomic E-state index is -1.05. The number of alkyl halides is 1. The van der Waals surface area contributed by atoms with Crippen LogP contribution in [-0.2, 0) is 4.79 Å². The normalized spacial score (nSPS) is 21.4. The molecule has 2 aromatic rings. The van der Waals surface area contributed by atoms with Crippen molar-refractivity contribution in [2.75, 3.05) is 20.3 Å². The Morgan fingerprint density at radius 1 is 1.06 bits per heavy atom. The summed E-state index contributed by atoms with van der Waals surface area (Å²) in [4.78, 5) is 18.8. The van der Waals surface area contributed by atoms with E-state index >= 15 is 0 Å². The van der Waals surface area contributed by atoms with Crippen LogP contribution in [0, 0.1) is 5.92 Å². The first-order valence-corrected chi connectivity index (χ1v) is 13.0. The SMILES string of the molecule is COc1ccc([N+]2(CC3CCCCC3)C=NC=NC2Cl)cc1Cl.O=C(O)COc1ccc(Cl)cc1Cl. The lowest BCUT2D eigenvalue weighted by atomic mass is 9.88. The number of ether oxygens (including phenoxy) is 2. The van der Waals surface area contributed by atoms with E-state index < -0.39 is 18.2 Å². The van der Waals surface area contributed by atoms with Crippen molar-refractivity contribution < 1.29 is 19.4 Å². The second kappa shape index (κ2) is 13.5. The summed E-state index contributed by atoms with van der Waals surface area (Å²) in [7, 11) is 1.62. The maximum Gasteiger partial charge on any atom is 0.341 e. The standard InChI is InChI=1S/C17H22Cl2N3O.C8H6Cl2O3/c1-23-16-8-7-14(9-15(16)18)22(12-20-11-21-17(22)19)10-13-5-3-2-4-6-13;9-5-1-2-7(6(10)3-5)13-4-8(11)12/h7-9,11-13,17H,2-6,10H2,1H3;1-3H,4H2,(H,11,12)/q+1;. The van der Waals surface area contributed by atoms with Gasteiger partial charge in [-0.05, 0) is 48.7 Å². The number of carbonyl (C=O) groups is 1. The van der Waals surface area contributed by atoms with Crippen LogP contribution in [0.3, 0.4) is 0 Å². The first-order valence-electron chi connectivity index (χ1n) is 11.5. The molecule has 7 nitrogen and oxygen atoms in total. The van der Waals surface area contributed by atoms with Crippen molar-refractivity contribution in [3.63, 3.8) is 0 Å². The second-order valence-electron chi connectivity index (χ2n) is 8.53. The van der Waals surface area contributed by atoms with E-state index in [1.165, 1.54) is 50.6 Å². The Kier molecular flexibility index (Phi) is 10.7. The molecule has 0 aromatic heterocycles. The Morgan fingerprint density at radius 3 is 2.36 bits per heavy atom. The maximum atomic E-state index is 10.2. The van der Waals surface area contributed by atoms with E-state index in [0.29, 0.717) is 37.0 Å². The van der Waals surface area contributed by atoms with E-state index in [0.717, 1.165) is 12.2 Å². The molecule has 2 aromatic carbocycles. The van der Waals surface area contributed by atoms with Gasteiger partial charge in [-0.25, -0.2) is 9.28 Å². The van der Waals surface area contributed by atoms with Crippen LogP contribution in [0.4, 0.5) is 5.69 Å². The molecule has 0 bridgehead atoms. The molecule has 1 aliphatic carbocycles. The summed E-state index contributed by atoms with van der Waals surface area (Å²) in [6, 6.07) is 10.4. The monoisotopic (exact) mass is 574 g/mol. The van der Waals surface area contributed by atoms with Crippen LogP contribution in [0.15, 0.2) is 46.4 Å². The highest BCUT2D eigenvalue weighted by Crippen LogP contribution is 2.38. The summed E-state index contributed by atoms with van der Waals surface area (Å²) in [6.45, 7) is 0.485. The number of methoxy groups -OCH3 is 1. The number of benzene rings is 2. The van der Waals surface area contributed by atoms with Crippen LogP contribution in [0.5, 0.6) is 11.5 Å². The van der Waals surface area contributed by atoms with Crippen molar-refractivity contribution in [3.8, 4) is 11.5 Å². The minimum Gasteiger partial charge on any atom is -0.495 e. The number of nitrogens with zero attached hydrogens (tertiary/aromatic N) is 3. The summed E-state index contributed by atoms with van der Waals surface area (Å²) < 4.78 is 10.5. The molecule has 4 rings (SSSR count). The number of halogens is 4. The summed E-state index contributed by atoms with van der Waals surface area (Å²) in [5, 5.41) is 9.69. The highest BCUT2D eigenvalue weighted by molar-refractivity contribution is 6.35. The number of aliphatic carboxylic acids is 1. The zero-order chi connectivity index (χ0) is 26.1. The van der Waals surface area contributed by atoms with Gasteiger partial charge in [0.05, 0.1) is 23.7 Å². The Hall–Kier alpha value is -2.03. The van der Waals surface area contributed by atoms with Crippen LogP contribution in [0.2, 0.25) is 15.1 Å². The van der Waals surface area contributed by atoms with E-state index in [2.05, 4.69) is 9.98 Å². The van der Waals surface area contributed by atoms with Gasteiger partial charge in [0.25, 0.3) is 5.62 Å². The fourth-order valence-corrected chi connectivity index (χ4v) is 5.30. The predicted octanol–water partition coefficient (Wildman–Crippen LogP) is 7.29. The van der Waals surface area contributed by atoms with E-state index in [-0.39, 0.29) is 0 Å². The van der Waals surface area contributed by atoms with Crippen LogP contribution in [0.1, 0.15) is 32.1 Å². The van der Waals surface area contributed by atoms with Gasteiger partial charge in [-0.15, -0.1) is 0 Å². The van der Waals surface area contributed by atoms with E-state index in [1.807, 2.05) is 24.5 Å². The van der Waals surface area contributed by atoms with Crippen LogP contribution < -0.4 is 14.0 Å². The molecule has 2 unspecified atom stereocenters. The first kappa shape index (κ1) is 28.5. The smallest absolute Gasteiger partial charge is 0.341 e. The number of carboxylic acids is 1. The molecule has 0 saturated heterocycles. The lowest BCUT2D eigenvalue weighted by Gasteiger charge is -2.39. The van der Waals surface area contributed by atoms with E-state index in [9.17, 15) is 4.79 Å². The third-order valence-electron chi connectivity index (χ3n) is 6.06. The minimum absolute atomic E-state index is 0.300. The highest BCUT2D eigenvalue weighted by atomic mass is 35.5. The zero-order valence-corrected chi connectivity index (χ0v) is 22.8. The molecule has 36 heavy (non-hydrogen) atoms. The number of carboxylic acid groups (broad SMARTS) is 1. The third kappa shape index (κ3) is 7.49. The highest BCUT2D eigenvalue weighted by Gasteiger charge is 2.41. The van der Waals surface area contributed by atoms with Gasteiger partial charge in [-0.3, -0.25) is 0 Å². The molecule has 0 radical (unpaired) electrons. The molecule has 2 atom stereocenters. The molecule has 194 valence electrons. The van der Waals surface area contributed by atoms with Crippen molar-refractivity contribution in [1.29, 1.82) is 0 Å². The molecular weight excluding hydrogens is 548 g/mol. The van der Waals surface area contributed by atoms with Crippen LogP contribution in [-0.4, -0.2) is 49.6 Å². The number of rotatable bonds is 7. The molecule has 0 spiro atoms. The van der Waals surface area contributed by atoms with Crippen molar-refractivity contribution >= 4 is 70.7 Å². The summed E-state index contributed by atoms with van der Waals surface area (Å²) >= 11 is 24.3. The van der Waals surface area contributed by atoms with Crippen molar-refractivity contribution in [1.82, 2.24) is 4.48 Å². The fraction of sp³-hybridized carbons (Fsp3) is 0.400. The zero-order valence-electron chi connectivity index (χ0n) is 19.7. The van der Waals surface area contributed by atoms with E-state index in [4.69, 9.17) is 61.0 Å². The predicted molar refractivity (Wildman–Crippen MR) is 147 cm³/mol. The van der Waals surface area contributed by atoms with Gasteiger partial charge >= 0.3 is 5.97 Å². The molecular formula is C25H28Cl4N3O4+. The lowest BCUT2D eigenvalue weighted by molar-refractivity contribution is -0.139. The van der Waals surface area contributed by atoms with Crippen molar-refractivity contribution in [2.24, 2.45) is 15.9 Å². The molecule has 11 heteroatoms. The Labute approximate surface area is 230 Å². The second-order valence-corrected chi connectivity index (χ2v) is 10.2. The van der Waals surface area contributed by atoms with Gasteiger partial charge in [-0.1, -0.05) is 54.1 Å². The molecule has 1 fully saturated rings. The van der Waals surface area contributed by atoms with Gasteiger partial charge in [0.2, 0.25) is 0 Å². The van der Waals surface area contributed by atoms with E-state index in [1.54, 1.807) is 13.2 Å². The third-order valence-corrected chi connectivity index (χ3v) is 7.34. The first-order chi connectivity index (χ1) is 17.2. The summed E-state index contributed by atoms with van der Waals surface area (Å²) in [5.41, 5.74) is 0.584. The maximum absolute atomic E-state index is 10.2. The number of hydrogen-bond donors (Lipinski definition) is 1. The van der Waals surface area contributed by atoms with Gasteiger partial charge in [0.15, 0.2) is 12.9 Å². The van der Waals surface area contributed by atoms with Crippen LogP contribution >= 0.6 is 46.4 Å². The molecule has 2 aliphatic rings. The average Bonchev–Trinajstić information content (AvgIpc) is 2.86. The Morgan fingerprint density at radius 2 is 1.75 bits per heavy atom. The molecule has 0 amide bonds. The number of hydrogen-bond acceptors (Lipinski definition) is 5. The van der Waals surface area contributed by atoms with Gasteiger partial charge < -0.3 is 14.6 Å².